The molecule has 37 heavy (non-hydrogen) atoms. The van der Waals surface area contributed by atoms with Crippen molar-refractivity contribution in [3.05, 3.63) is 70.2 Å². The zero-order valence-corrected chi connectivity index (χ0v) is 23.2. The van der Waals surface area contributed by atoms with Crippen molar-refractivity contribution in [2.75, 3.05) is 0 Å². The van der Waals surface area contributed by atoms with Gasteiger partial charge in [-0.05, 0) is 82.7 Å². The van der Waals surface area contributed by atoms with Gasteiger partial charge in [-0.25, -0.2) is 15.2 Å². The minimum atomic E-state index is -4.67. The Labute approximate surface area is 222 Å². The van der Waals surface area contributed by atoms with Crippen LogP contribution in [0.4, 0.5) is 17.6 Å². The predicted octanol–water partition coefficient (Wildman–Crippen LogP) is 7.51. The smallest absolute Gasteiger partial charge is 0.432 e. The highest BCUT2D eigenvalue weighted by atomic mass is 35.5. The summed E-state index contributed by atoms with van der Waals surface area (Å²) in [5.74, 6) is 3.76. The van der Waals surface area contributed by atoms with E-state index in [1.807, 2.05) is 27.7 Å². The van der Waals surface area contributed by atoms with Crippen LogP contribution in [0.2, 0.25) is 5.02 Å². The average Bonchev–Trinajstić information content (AvgIpc) is 3.52. The number of hydrogen-bond donors (Lipinski definition) is 1. The molecule has 2 N–H and O–H groups in total. The zero-order chi connectivity index (χ0) is 29.3. The Bertz CT molecular complexity index is 981. The van der Waals surface area contributed by atoms with Gasteiger partial charge in [0.2, 0.25) is 5.91 Å². The molecule has 0 bridgehead atoms. The van der Waals surface area contributed by atoms with E-state index in [0.29, 0.717) is 16.7 Å². The van der Waals surface area contributed by atoms with Crippen LogP contribution in [0.25, 0.3) is 0 Å². The molecule has 0 heterocycles. The number of halogens is 5. The summed E-state index contributed by atoms with van der Waals surface area (Å²) in [6, 6.07) is 3.07. The molecule has 0 spiro atoms. The Morgan fingerprint density at radius 1 is 1.19 bits per heavy atom. The van der Waals surface area contributed by atoms with Gasteiger partial charge in [0.15, 0.2) is 0 Å². The van der Waals surface area contributed by atoms with Crippen molar-refractivity contribution in [2.24, 2.45) is 11.3 Å². The molecule has 1 unspecified atom stereocenters. The van der Waals surface area contributed by atoms with E-state index in [2.05, 4.69) is 13.2 Å². The van der Waals surface area contributed by atoms with E-state index in [1.165, 1.54) is 13.0 Å². The highest BCUT2D eigenvalue weighted by Crippen LogP contribution is 2.46. The van der Waals surface area contributed by atoms with Crippen LogP contribution in [0.5, 0.6) is 0 Å². The summed E-state index contributed by atoms with van der Waals surface area (Å²) in [4.78, 5) is 22.2. The molecular weight excluding hydrogens is 512 g/mol. The van der Waals surface area contributed by atoms with Crippen LogP contribution in [0, 0.1) is 25.1 Å². The van der Waals surface area contributed by atoms with Crippen LogP contribution in [0.3, 0.4) is 0 Å². The lowest BCUT2D eigenvalue weighted by Gasteiger charge is -2.20. The third-order valence-corrected chi connectivity index (χ3v) is 5.78. The fourth-order valence-corrected chi connectivity index (χ4v) is 2.84. The van der Waals surface area contributed by atoms with Crippen molar-refractivity contribution < 1.29 is 31.9 Å². The molecule has 1 aliphatic carbocycles. The van der Waals surface area contributed by atoms with Crippen LogP contribution < -0.4 is 5.84 Å². The largest absolute Gasteiger partial charge is 0.457 e. The number of ether oxygens (including phenoxy) is 1. The lowest BCUT2D eigenvalue weighted by Crippen LogP contribution is -2.40. The van der Waals surface area contributed by atoms with E-state index in [1.54, 1.807) is 13.0 Å². The summed E-state index contributed by atoms with van der Waals surface area (Å²) < 4.78 is 54.9. The van der Waals surface area contributed by atoms with Crippen LogP contribution in [0.1, 0.15) is 65.0 Å². The van der Waals surface area contributed by atoms with Gasteiger partial charge in [-0.2, -0.15) is 13.2 Å². The van der Waals surface area contributed by atoms with Gasteiger partial charge in [0.1, 0.15) is 17.6 Å². The predicted molar refractivity (Wildman–Crippen MR) is 139 cm³/mol. The molecule has 1 aliphatic rings. The maximum Gasteiger partial charge on any atom is 0.432 e. The minimum absolute atomic E-state index is 0.0503. The monoisotopic (exact) mass is 548 g/mol. The zero-order valence-electron chi connectivity index (χ0n) is 22.5. The number of nitrogens with two attached hydrogens (primary N) is 1. The number of amides is 1. The first-order chi connectivity index (χ1) is 16.8. The number of carbonyl (C=O) groups excluding carboxylic acids is 2. The number of carbonyl (C=O) groups is 2. The lowest BCUT2D eigenvalue weighted by molar-refractivity contribution is -0.153. The normalized spacial score (nSPS) is 14.7. The number of nitrogens with zero attached hydrogens (tertiary/aromatic N) is 1. The van der Waals surface area contributed by atoms with Crippen LogP contribution in [-0.2, 0) is 14.3 Å². The van der Waals surface area contributed by atoms with Crippen LogP contribution >= 0.6 is 11.6 Å². The number of esters is 1. The first kappa shape index (κ1) is 34.4. The maximum absolute atomic E-state index is 12.7. The van der Waals surface area contributed by atoms with Gasteiger partial charge in [-0.15, -0.1) is 0 Å². The molecule has 1 atom stereocenters. The Morgan fingerprint density at radius 2 is 1.70 bits per heavy atom. The first-order valence-electron chi connectivity index (χ1n) is 11.5. The highest BCUT2D eigenvalue weighted by Gasteiger charge is 2.47. The second kappa shape index (κ2) is 14.3. The second-order valence-corrected chi connectivity index (χ2v) is 9.73. The van der Waals surface area contributed by atoms with Gasteiger partial charge in [-0.3, -0.25) is 9.59 Å². The van der Waals surface area contributed by atoms with Crippen molar-refractivity contribution >= 4 is 23.5 Å². The summed E-state index contributed by atoms with van der Waals surface area (Å²) in [6.45, 7) is 18.8. The summed E-state index contributed by atoms with van der Waals surface area (Å²) in [6.07, 6.45) is -1.29. The summed E-state index contributed by atoms with van der Waals surface area (Å²) in [5, 5.41) is 0.539. The third-order valence-electron chi connectivity index (χ3n) is 5.37. The Kier molecular flexibility index (Phi) is 13.3. The quantitative estimate of drug-likeness (QED) is 0.0759. The van der Waals surface area contributed by atoms with E-state index in [4.69, 9.17) is 22.2 Å². The SMILES string of the molecule is C=C(C)/C=C(\N(N)C(C)=O)C(F)(F)F.C=C(C)C(CC)OC(=O)C1(C)CC1.Cc1cc(C)c(Cl)cc1F. The van der Waals surface area contributed by atoms with Gasteiger partial charge in [0, 0.05) is 11.9 Å². The van der Waals surface area contributed by atoms with Crippen molar-refractivity contribution in [3.8, 4) is 0 Å². The molecule has 1 aromatic rings. The van der Waals surface area contributed by atoms with Crippen LogP contribution in [0.15, 0.2) is 48.2 Å². The molecule has 0 aliphatic heterocycles. The number of allylic oxidation sites excluding steroid dienone is 3. The van der Waals surface area contributed by atoms with Gasteiger partial charge >= 0.3 is 12.1 Å². The molecule has 10 heteroatoms. The average molecular weight is 549 g/mol. The number of rotatable bonds is 6. The van der Waals surface area contributed by atoms with E-state index >= 15 is 0 Å². The lowest BCUT2D eigenvalue weighted by atomic mass is 10.1. The van der Waals surface area contributed by atoms with E-state index < -0.39 is 17.8 Å². The molecule has 0 saturated heterocycles. The molecule has 2 rings (SSSR count). The number of aryl methyl sites for hydroxylation is 2. The standard InChI is InChI=1S/C11H18O2.C8H8ClF.C8H11F3N2O/c1-5-9(8(2)3)13-10(12)11(4)6-7-11;1-5-3-6(2)8(10)4-7(5)9;1-5(2)4-7(8(9,10)11)13(12)6(3)14/h9H,2,5-7H2,1,3-4H3;3-4H,1-2H3;4H,1,12H2,2-3H3/b;;7-4-. The number of alkyl halides is 3. The molecule has 1 aromatic carbocycles. The minimum Gasteiger partial charge on any atom is -0.457 e. The summed E-state index contributed by atoms with van der Waals surface area (Å²) in [7, 11) is 0. The number of hydrazine groups is 1. The highest BCUT2D eigenvalue weighted by molar-refractivity contribution is 6.31. The Morgan fingerprint density at radius 3 is 2.03 bits per heavy atom. The molecule has 5 nitrogen and oxygen atoms in total. The topological polar surface area (TPSA) is 72.6 Å². The number of benzene rings is 1. The van der Waals surface area contributed by atoms with Gasteiger partial charge in [0.25, 0.3) is 0 Å². The molecule has 1 amide bonds. The first-order valence-corrected chi connectivity index (χ1v) is 11.9. The van der Waals surface area contributed by atoms with E-state index in [0.717, 1.165) is 37.3 Å². The Balaban J connectivity index is 0.000000532. The Hall–Kier alpha value is -2.65. The van der Waals surface area contributed by atoms with Gasteiger partial charge < -0.3 is 4.74 Å². The van der Waals surface area contributed by atoms with Crippen molar-refractivity contribution in [1.82, 2.24) is 5.01 Å². The van der Waals surface area contributed by atoms with Crippen molar-refractivity contribution in [2.45, 2.75) is 80.0 Å². The molecule has 208 valence electrons. The van der Waals surface area contributed by atoms with Gasteiger partial charge in [0.05, 0.1) is 5.41 Å². The molecule has 0 radical (unpaired) electrons. The van der Waals surface area contributed by atoms with E-state index in [-0.39, 0.29) is 33.9 Å². The van der Waals surface area contributed by atoms with E-state index in [9.17, 15) is 27.2 Å². The fraction of sp³-hybridized carbons (Fsp3) is 0.481. The molecule has 1 fully saturated rings. The third kappa shape index (κ3) is 12.0. The van der Waals surface area contributed by atoms with Crippen molar-refractivity contribution in [1.29, 1.82) is 0 Å². The summed E-state index contributed by atoms with van der Waals surface area (Å²) in [5.41, 5.74) is 1.25. The van der Waals surface area contributed by atoms with Gasteiger partial charge in [-0.1, -0.05) is 43.3 Å². The molecule has 0 aromatic heterocycles. The molecule has 1 saturated carbocycles. The fourth-order valence-electron chi connectivity index (χ4n) is 2.69. The molecular formula is C27H37ClF4N2O3. The van der Waals surface area contributed by atoms with Crippen LogP contribution in [-0.4, -0.2) is 29.2 Å². The number of hydrogen-bond acceptors (Lipinski definition) is 4. The second-order valence-electron chi connectivity index (χ2n) is 9.32. The van der Waals surface area contributed by atoms with Crippen molar-refractivity contribution in [3.63, 3.8) is 0 Å². The maximum atomic E-state index is 12.7. The summed E-state index contributed by atoms with van der Waals surface area (Å²) >= 11 is 5.65.